The third-order valence-corrected chi connectivity index (χ3v) is 3.07. The van der Waals surface area contributed by atoms with E-state index in [-0.39, 0.29) is 10.8 Å². The molecule has 0 aliphatic carbocycles. The van der Waals surface area contributed by atoms with Crippen molar-refractivity contribution in [3.05, 3.63) is 29.3 Å². The summed E-state index contributed by atoms with van der Waals surface area (Å²) in [6.45, 7) is 4.20. The Bertz CT molecular complexity index is 390. The Morgan fingerprint density at radius 1 is 1.47 bits per heavy atom. The van der Waals surface area contributed by atoms with E-state index in [1.165, 1.54) is 0 Å². The van der Waals surface area contributed by atoms with Crippen molar-refractivity contribution in [2.24, 2.45) is 0 Å². The fourth-order valence-corrected chi connectivity index (χ4v) is 2.06. The number of rotatable bonds is 5. The molecule has 4 heteroatoms. The van der Waals surface area contributed by atoms with E-state index in [0.29, 0.717) is 13.0 Å². The van der Waals surface area contributed by atoms with Crippen LogP contribution >= 0.6 is 15.9 Å². The van der Waals surface area contributed by atoms with Crippen LogP contribution in [0.2, 0.25) is 0 Å². The summed E-state index contributed by atoms with van der Waals surface area (Å²) in [7, 11) is 1.63. The van der Waals surface area contributed by atoms with Gasteiger partial charge in [-0.3, -0.25) is 4.79 Å². The van der Waals surface area contributed by atoms with Crippen molar-refractivity contribution < 1.29 is 14.3 Å². The Kier molecular flexibility index (Phi) is 5.48. The van der Waals surface area contributed by atoms with Crippen molar-refractivity contribution >= 4 is 21.9 Å². The van der Waals surface area contributed by atoms with Gasteiger partial charge < -0.3 is 9.47 Å². The molecular formula is C13H17BrO3. The number of halogens is 1. The second-order valence-corrected chi connectivity index (χ2v) is 4.84. The van der Waals surface area contributed by atoms with Crippen LogP contribution in [-0.4, -0.2) is 24.5 Å². The van der Waals surface area contributed by atoms with Crippen molar-refractivity contribution in [1.82, 2.24) is 0 Å². The van der Waals surface area contributed by atoms with E-state index in [2.05, 4.69) is 15.9 Å². The highest BCUT2D eigenvalue weighted by atomic mass is 79.9. The molecule has 0 aliphatic rings. The van der Waals surface area contributed by atoms with Gasteiger partial charge in [-0.15, -0.1) is 0 Å². The predicted molar refractivity (Wildman–Crippen MR) is 70.8 cm³/mol. The average molecular weight is 301 g/mol. The molecule has 0 spiro atoms. The highest BCUT2D eigenvalue weighted by molar-refractivity contribution is 9.10. The lowest BCUT2D eigenvalue weighted by atomic mass is 10.1. The average Bonchev–Trinajstić information content (AvgIpc) is 2.29. The number of benzene rings is 1. The maximum Gasteiger partial charge on any atom is 0.320 e. The summed E-state index contributed by atoms with van der Waals surface area (Å²) in [5, 5.41) is 0. The van der Waals surface area contributed by atoms with Gasteiger partial charge in [-0.05, 0) is 31.9 Å². The van der Waals surface area contributed by atoms with Gasteiger partial charge in [0.25, 0.3) is 0 Å². The van der Waals surface area contributed by atoms with Crippen LogP contribution < -0.4 is 4.74 Å². The minimum absolute atomic E-state index is 0.240. The number of aryl methyl sites for hydroxylation is 1. The highest BCUT2D eigenvalue weighted by Crippen LogP contribution is 2.23. The summed E-state index contributed by atoms with van der Waals surface area (Å²) in [4.78, 5) is 11.2. The van der Waals surface area contributed by atoms with Crippen molar-refractivity contribution in [1.29, 1.82) is 0 Å². The third kappa shape index (κ3) is 4.04. The molecule has 0 amide bonds. The molecule has 0 fully saturated rings. The Morgan fingerprint density at radius 2 is 2.18 bits per heavy atom. The molecule has 3 nitrogen and oxygen atoms in total. The number of hydrogen-bond acceptors (Lipinski definition) is 3. The van der Waals surface area contributed by atoms with Crippen molar-refractivity contribution in [3.63, 3.8) is 0 Å². The molecule has 1 atom stereocenters. The van der Waals surface area contributed by atoms with Gasteiger partial charge in [-0.1, -0.05) is 33.6 Å². The van der Waals surface area contributed by atoms with Crippen molar-refractivity contribution in [2.75, 3.05) is 13.7 Å². The van der Waals surface area contributed by atoms with Gasteiger partial charge in [0.15, 0.2) is 0 Å². The number of ether oxygens (including phenoxy) is 2. The minimum Gasteiger partial charge on any atom is -0.496 e. The smallest absolute Gasteiger partial charge is 0.320 e. The second kappa shape index (κ2) is 6.64. The van der Waals surface area contributed by atoms with E-state index >= 15 is 0 Å². The van der Waals surface area contributed by atoms with Crippen LogP contribution in [0, 0.1) is 6.92 Å². The molecule has 0 bridgehead atoms. The number of carbonyl (C=O) groups is 1. The highest BCUT2D eigenvalue weighted by Gasteiger charge is 2.18. The van der Waals surface area contributed by atoms with Gasteiger partial charge in [0.05, 0.1) is 13.7 Å². The molecule has 1 rings (SSSR count). The summed E-state index contributed by atoms with van der Waals surface area (Å²) in [5.41, 5.74) is 2.15. The zero-order chi connectivity index (χ0) is 12.8. The molecule has 0 heterocycles. The molecule has 0 N–H and O–H groups in total. The Hall–Kier alpha value is -1.03. The number of carbonyl (C=O) groups excluding carboxylic acids is 1. The minimum atomic E-state index is -0.335. The summed E-state index contributed by atoms with van der Waals surface area (Å²) in [6, 6.07) is 5.91. The van der Waals surface area contributed by atoms with E-state index in [1.54, 1.807) is 14.0 Å². The van der Waals surface area contributed by atoms with Crippen LogP contribution in [0.1, 0.15) is 18.1 Å². The Labute approximate surface area is 110 Å². The van der Waals surface area contributed by atoms with Gasteiger partial charge in [0.2, 0.25) is 0 Å². The van der Waals surface area contributed by atoms with E-state index < -0.39 is 0 Å². The predicted octanol–water partition coefficient (Wildman–Crippen LogP) is 2.87. The SMILES string of the molecule is CCOC(=O)C(Br)Cc1cc(C)ccc1OC. The molecule has 1 unspecified atom stereocenters. The normalized spacial score (nSPS) is 12.0. The maximum absolute atomic E-state index is 11.5. The molecule has 1 aromatic rings. The van der Waals surface area contributed by atoms with Crippen molar-refractivity contribution in [2.45, 2.75) is 25.1 Å². The van der Waals surface area contributed by atoms with Crippen LogP contribution in [-0.2, 0) is 16.0 Å². The first-order valence-corrected chi connectivity index (χ1v) is 6.44. The largest absolute Gasteiger partial charge is 0.496 e. The first-order valence-electron chi connectivity index (χ1n) is 5.52. The van der Waals surface area contributed by atoms with Crippen molar-refractivity contribution in [3.8, 4) is 5.75 Å². The van der Waals surface area contributed by atoms with Gasteiger partial charge in [-0.25, -0.2) is 0 Å². The summed E-state index contributed by atoms with van der Waals surface area (Å²) >= 11 is 3.34. The van der Waals surface area contributed by atoms with E-state index in [4.69, 9.17) is 9.47 Å². The number of hydrogen-bond donors (Lipinski definition) is 0. The zero-order valence-corrected chi connectivity index (χ0v) is 11.9. The van der Waals surface area contributed by atoms with Crippen LogP contribution in [0.25, 0.3) is 0 Å². The van der Waals surface area contributed by atoms with Crippen LogP contribution in [0.4, 0.5) is 0 Å². The molecule has 17 heavy (non-hydrogen) atoms. The quantitative estimate of drug-likeness (QED) is 0.620. The first kappa shape index (κ1) is 14.0. The van der Waals surface area contributed by atoms with E-state index in [0.717, 1.165) is 16.9 Å². The first-order chi connectivity index (χ1) is 8.08. The second-order valence-electron chi connectivity index (χ2n) is 3.74. The number of methoxy groups -OCH3 is 1. The third-order valence-electron chi connectivity index (χ3n) is 2.38. The van der Waals surface area contributed by atoms with E-state index in [1.807, 2.05) is 25.1 Å². The molecule has 0 aromatic heterocycles. The topological polar surface area (TPSA) is 35.5 Å². The molecule has 0 aliphatic heterocycles. The molecule has 1 aromatic carbocycles. The molecule has 0 radical (unpaired) electrons. The van der Waals surface area contributed by atoms with Crippen LogP contribution in [0.15, 0.2) is 18.2 Å². The maximum atomic E-state index is 11.5. The standard InChI is InChI=1S/C13H17BrO3/c1-4-17-13(15)11(14)8-10-7-9(2)5-6-12(10)16-3/h5-7,11H,4,8H2,1-3H3. The summed E-state index contributed by atoms with van der Waals surface area (Å²) in [5.74, 6) is 0.556. The van der Waals surface area contributed by atoms with Gasteiger partial charge in [0, 0.05) is 0 Å². The fraction of sp³-hybridized carbons (Fsp3) is 0.462. The summed E-state index contributed by atoms with van der Waals surface area (Å²) < 4.78 is 10.2. The zero-order valence-electron chi connectivity index (χ0n) is 10.3. The molecule has 0 saturated heterocycles. The molecular weight excluding hydrogens is 284 g/mol. The lowest BCUT2D eigenvalue weighted by molar-refractivity contribution is -0.142. The summed E-state index contributed by atoms with van der Waals surface area (Å²) in [6.07, 6.45) is 0.559. The Balaban J connectivity index is 2.79. The van der Waals surface area contributed by atoms with Crippen LogP contribution in [0.3, 0.4) is 0 Å². The fourth-order valence-electron chi connectivity index (χ4n) is 1.58. The molecule has 0 saturated carbocycles. The Morgan fingerprint density at radius 3 is 2.76 bits per heavy atom. The number of alkyl halides is 1. The van der Waals surface area contributed by atoms with E-state index in [9.17, 15) is 4.79 Å². The lowest BCUT2D eigenvalue weighted by Crippen LogP contribution is -2.20. The molecule has 94 valence electrons. The lowest BCUT2D eigenvalue weighted by Gasteiger charge is -2.12. The van der Waals surface area contributed by atoms with Crippen LogP contribution in [0.5, 0.6) is 5.75 Å². The van der Waals surface area contributed by atoms with Gasteiger partial charge >= 0.3 is 5.97 Å². The number of esters is 1. The van der Waals surface area contributed by atoms with Gasteiger partial charge in [-0.2, -0.15) is 0 Å². The monoisotopic (exact) mass is 300 g/mol. The van der Waals surface area contributed by atoms with Gasteiger partial charge in [0.1, 0.15) is 10.6 Å².